The Hall–Kier alpha value is -1.70. The van der Waals surface area contributed by atoms with Crippen molar-refractivity contribution in [1.29, 1.82) is 0 Å². The summed E-state index contributed by atoms with van der Waals surface area (Å²) in [5.74, 6) is 1.80. The normalized spacial score (nSPS) is 14.5. The quantitative estimate of drug-likeness (QED) is 0.0384. The second-order valence-corrected chi connectivity index (χ2v) is 18.9. The van der Waals surface area contributed by atoms with Crippen LogP contribution < -0.4 is 5.73 Å². The van der Waals surface area contributed by atoms with Crippen molar-refractivity contribution in [2.75, 3.05) is 43.6 Å². The molecule has 0 radical (unpaired) electrons. The molecule has 2 N–H and O–H groups in total. The Morgan fingerprint density at radius 3 is 2.14 bits per heavy atom. The number of rotatable bonds is 28. The van der Waals surface area contributed by atoms with Crippen LogP contribution in [-0.2, 0) is 55.0 Å². The van der Waals surface area contributed by atoms with E-state index in [4.69, 9.17) is 40.2 Å². The number of aromatic nitrogens is 4. The summed E-state index contributed by atoms with van der Waals surface area (Å²) in [6.45, 7) is 9.95. The lowest BCUT2D eigenvalue weighted by atomic mass is 9.99. The predicted octanol–water partition coefficient (Wildman–Crippen LogP) is 8.72. The van der Waals surface area contributed by atoms with E-state index in [-0.39, 0.29) is 40.2 Å². The first kappa shape index (κ1) is 43.5. The summed E-state index contributed by atoms with van der Waals surface area (Å²) in [5, 5.41) is 0. The van der Waals surface area contributed by atoms with Crippen molar-refractivity contribution in [2.24, 2.45) is 5.41 Å². The number of nitrogens with two attached hydrogens (primary N) is 1. The van der Waals surface area contributed by atoms with Gasteiger partial charge in [-0.1, -0.05) is 122 Å². The summed E-state index contributed by atoms with van der Waals surface area (Å²) in [6, 6.07) is 0. The van der Waals surface area contributed by atoms with E-state index in [0.29, 0.717) is 23.5 Å². The average molecular weight is 748 g/mol. The van der Waals surface area contributed by atoms with Gasteiger partial charge in [-0.2, -0.15) is 0 Å². The highest BCUT2D eigenvalue weighted by molar-refractivity contribution is 8.28. The fourth-order valence-electron chi connectivity index (χ4n) is 4.99. The number of unbranched alkanes of at least 4 members (excludes halogenated alkanes) is 13. The fraction of sp³-hybridized carbons (Fsp3) is 0.824. The van der Waals surface area contributed by atoms with E-state index in [1.165, 1.54) is 89.8 Å². The molecule has 2 heterocycles. The minimum Gasteiger partial charge on any atom is -0.434 e. The summed E-state index contributed by atoms with van der Waals surface area (Å²) in [6.07, 6.45) is 19.8. The Morgan fingerprint density at radius 2 is 1.53 bits per heavy atom. The van der Waals surface area contributed by atoms with E-state index >= 15 is 0 Å². The molecule has 0 saturated heterocycles. The maximum absolute atomic E-state index is 13.7. The van der Waals surface area contributed by atoms with Crippen LogP contribution in [0.25, 0.3) is 11.2 Å². The van der Waals surface area contributed by atoms with Crippen molar-refractivity contribution < 1.29 is 32.6 Å². The Labute approximate surface area is 301 Å². The minimum absolute atomic E-state index is 0.150. The molecule has 12 nitrogen and oxygen atoms in total. The standard InChI is InChI=1S/C34H62N5O7PS2/c1-6-7-8-9-10-11-12-13-14-15-16-17-18-19-21-49(48)22-20-45-47(41,46-27-43-33(40)42-24-34(3,4)5)28-44-29(2)23-39-26-38-30-31(35)36-25-37-32(30)39/h25-26,29H,6-24,27-28H2,1-5H3,(H2,35,36,37)/t29-,47+,49?/m1/s1. The van der Waals surface area contributed by atoms with Gasteiger partial charge in [-0.15, -0.1) is 9.45 Å². The molecule has 0 aliphatic heterocycles. The monoisotopic (exact) mass is 747 g/mol. The maximum Gasteiger partial charge on any atom is 0.510 e. The molecule has 49 heavy (non-hydrogen) atoms. The molecule has 282 valence electrons. The lowest BCUT2D eigenvalue weighted by molar-refractivity contribution is -0.0172. The summed E-state index contributed by atoms with van der Waals surface area (Å²) in [4.78, 5) is 24.5. The zero-order valence-corrected chi connectivity index (χ0v) is 33.1. The number of hydrogen-bond acceptors (Lipinski definition) is 12. The molecule has 1 unspecified atom stereocenters. The van der Waals surface area contributed by atoms with Gasteiger partial charge in [-0.25, -0.2) is 19.7 Å². The Morgan fingerprint density at radius 1 is 0.918 bits per heavy atom. The summed E-state index contributed by atoms with van der Waals surface area (Å²) in [5.41, 5.74) is 6.73. The van der Waals surface area contributed by atoms with E-state index in [0.717, 1.165) is 12.2 Å². The first-order valence-corrected chi connectivity index (χ1v) is 22.2. The number of hydrogen-bond donors (Lipinski definition) is 1. The smallest absolute Gasteiger partial charge is 0.434 e. The van der Waals surface area contributed by atoms with Gasteiger partial charge in [0, 0.05) is 5.75 Å². The second kappa shape index (κ2) is 24.5. The van der Waals surface area contributed by atoms with Crippen LogP contribution in [0.3, 0.4) is 0 Å². The van der Waals surface area contributed by atoms with E-state index in [9.17, 15) is 9.36 Å². The number of nitrogen functional groups attached to an aromatic ring is 1. The number of ether oxygens (including phenoxy) is 3. The van der Waals surface area contributed by atoms with E-state index < -0.39 is 26.6 Å². The molecule has 2 aromatic rings. The Kier molecular flexibility index (Phi) is 21.7. The molecule has 2 rings (SSSR count). The van der Waals surface area contributed by atoms with Crippen LogP contribution in [-0.4, -0.2) is 69.6 Å². The van der Waals surface area contributed by atoms with Gasteiger partial charge in [0.2, 0.25) is 6.79 Å². The van der Waals surface area contributed by atoms with E-state index in [1.807, 2.05) is 27.7 Å². The van der Waals surface area contributed by atoms with Gasteiger partial charge in [-0.3, -0.25) is 9.09 Å². The number of anilines is 1. The number of nitrogens with zero attached hydrogens (tertiary/aromatic N) is 4. The summed E-state index contributed by atoms with van der Waals surface area (Å²) >= 11 is 5.69. The van der Waals surface area contributed by atoms with Gasteiger partial charge in [0.25, 0.3) is 0 Å². The molecule has 0 spiro atoms. The van der Waals surface area contributed by atoms with Crippen LogP contribution >= 0.6 is 7.60 Å². The number of carbonyl (C=O) groups excluding carboxylic acids is 1. The zero-order valence-electron chi connectivity index (χ0n) is 30.6. The predicted molar refractivity (Wildman–Crippen MR) is 201 cm³/mol. The van der Waals surface area contributed by atoms with Crippen LogP contribution in [0.1, 0.15) is 125 Å². The van der Waals surface area contributed by atoms with Gasteiger partial charge in [-0.05, 0) is 24.5 Å². The first-order chi connectivity index (χ1) is 23.4. The topological polar surface area (TPSA) is 150 Å². The van der Waals surface area contributed by atoms with Crippen molar-refractivity contribution in [1.82, 2.24) is 19.5 Å². The van der Waals surface area contributed by atoms with Crippen LogP contribution in [0, 0.1) is 5.41 Å². The highest BCUT2D eigenvalue weighted by atomic mass is 32.8. The fourth-order valence-corrected chi connectivity index (χ4v) is 7.92. The number of fused-ring (bicyclic) bond motifs is 1. The summed E-state index contributed by atoms with van der Waals surface area (Å²) in [7, 11) is -4.10. The molecule has 0 aliphatic carbocycles. The van der Waals surface area contributed by atoms with Crippen LogP contribution in [0.15, 0.2) is 12.7 Å². The van der Waals surface area contributed by atoms with Crippen LogP contribution in [0.5, 0.6) is 0 Å². The van der Waals surface area contributed by atoms with E-state index in [2.05, 4.69) is 21.9 Å². The van der Waals surface area contributed by atoms with Gasteiger partial charge in [0.15, 0.2) is 11.5 Å². The van der Waals surface area contributed by atoms with Crippen LogP contribution in [0.4, 0.5) is 10.6 Å². The number of imidazole rings is 1. The molecule has 2 aromatic heterocycles. The lowest BCUT2D eigenvalue weighted by Crippen LogP contribution is -2.21. The SMILES string of the molecule is CCCCCCCCCCCCCCCCS(=S)CCO[P@@](=O)(CO[C@H](C)Cn1cnc2c(N)ncnc21)OCOC(=O)OCC(C)(C)C. The Bertz CT molecular complexity index is 1280. The highest BCUT2D eigenvalue weighted by Gasteiger charge is 2.28. The molecule has 0 saturated carbocycles. The third kappa shape index (κ3) is 20.1. The first-order valence-electron chi connectivity index (χ1n) is 18.0. The molecule has 0 amide bonds. The summed E-state index contributed by atoms with van der Waals surface area (Å²) < 4.78 is 42.6. The van der Waals surface area contributed by atoms with Crippen molar-refractivity contribution in [3.63, 3.8) is 0 Å². The van der Waals surface area contributed by atoms with Crippen molar-refractivity contribution in [3.8, 4) is 0 Å². The highest BCUT2D eigenvalue weighted by Crippen LogP contribution is 2.48. The molecule has 3 atom stereocenters. The van der Waals surface area contributed by atoms with Gasteiger partial charge < -0.3 is 29.0 Å². The molecule has 15 heteroatoms. The van der Waals surface area contributed by atoms with Crippen molar-refractivity contribution >= 4 is 51.4 Å². The molecular formula is C34H62N5O7PS2. The number of carbonyl (C=O) groups is 1. The largest absolute Gasteiger partial charge is 0.510 e. The van der Waals surface area contributed by atoms with Crippen LogP contribution in [0.2, 0.25) is 0 Å². The zero-order chi connectivity index (χ0) is 36.0. The second-order valence-electron chi connectivity index (χ2n) is 13.8. The third-order valence-electron chi connectivity index (χ3n) is 7.77. The molecule has 0 aliphatic rings. The van der Waals surface area contributed by atoms with Gasteiger partial charge in [0.05, 0.1) is 32.2 Å². The van der Waals surface area contributed by atoms with Gasteiger partial charge >= 0.3 is 13.8 Å². The van der Waals surface area contributed by atoms with E-state index in [1.54, 1.807) is 10.9 Å². The van der Waals surface area contributed by atoms with Gasteiger partial charge in [0.1, 0.15) is 18.2 Å². The average Bonchev–Trinajstić information content (AvgIpc) is 3.46. The Balaban J connectivity index is 1.71. The maximum atomic E-state index is 13.7. The van der Waals surface area contributed by atoms with Crippen molar-refractivity contribution in [2.45, 2.75) is 137 Å². The van der Waals surface area contributed by atoms with Crippen molar-refractivity contribution in [3.05, 3.63) is 12.7 Å². The molecule has 0 aromatic carbocycles. The molecule has 0 fully saturated rings. The third-order valence-corrected chi connectivity index (χ3v) is 11.7. The lowest BCUT2D eigenvalue weighted by Gasteiger charge is -2.22. The molecular weight excluding hydrogens is 686 g/mol. The minimum atomic E-state index is -3.81. The molecule has 0 bridgehead atoms.